The van der Waals surface area contributed by atoms with Crippen molar-refractivity contribution in [1.82, 2.24) is 10.3 Å². The Balaban J connectivity index is 1.92. The predicted octanol–water partition coefficient (Wildman–Crippen LogP) is 3.08. The largest absolute Gasteiger partial charge is 0.349 e. The molecule has 0 aliphatic heterocycles. The first-order valence-corrected chi connectivity index (χ1v) is 8.66. The zero-order valence-electron chi connectivity index (χ0n) is 12.3. The number of nitriles is 1. The minimum absolute atomic E-state index is 0.134. The highest BCUT2D eigenvalue weighted by Gasteiger charge is 2.31. The molecule has 0 aromatic carbocycles. The average Bonchev–Trinajstić information content (AvgIpc) is 3.37. The minimum atomic E-state index is -0.134. The van der Waals surface area contributed by atoms with Crippen LogP contribution in [0.4, 0.5) is 0 Å². The summed E-state index contributed by atoms with van der Waals surface area (Å²) in [6, 6.07) is 4.16. The molecule has 110 valence electrons. The van der Waals surface area contributed by atoms with Gasteiger partial charge in [-0.2, -0.15) is 5.26 Å². The number of nitrogens with zero attached hydrogens (tertiary/aromatic N) is 2. The van der Waals surface area contributed by atoms with Gasteiger partial charge in [-0.25, -0.2) is 4.98 Å². The van der Waals surface area contributed by atoms with E-state index >= 15 is 0 Å². The highest BCUT2D eigenvalue weighted by atomic mass is 32.2. The first-order chi connectivity index (χ1) is 10.1. The highest BCUT2D eigenvalue weighted by molar-refractivity contribution is 7.98. The summed E-state index contributed by atoms with van der Waals surface area (Å²) in [6.07, 6.45) is 6.53. The van der Waals surface area contributed by atoms with Crippen molar-refractivity contribution >= 4 is 17.7 Å². The lowest BCUT2D eigenvalue weighted by Gasteiger charge is -2.15. The third-order valence-corrected chi connectivity index (χ3v) is 4.92. The topological polar surface area (TPSA) is 65.8 Å². The van der Waals surface area contributed by atoms with E-state index in [0.29, 0.717) is 28.0 Å². The van der Waals surface area contributed by atoms with Crippen LogP contribution < -0.4 is 5.32 Å². The highest BCUT2D eigenvalue weighted by Crippen LogP contribution is 2.40. The second-order valence-electron chi connectivity index (χ2n) is 5.96. The summed E-state index contributed by atoms with van der Waals surface area (Å²) in [4.78, 5) is 17.1. The smallest absolute Gasteiger partial charge is 0.253 e. The molecule has 3 rings (SSSR count). The van der Waals surface area contributed by atoms with Gasteiger partial charge in [-0.15, -0.1) is 11.8 Å². The van der Waals surface area contributed by atoms with Gasteiger partial charge in [-0.05, 0) is 50.8 Å². The minimum Gasteiger partial charge on any atom is -0.349 e. The van der Waals surface area contributed by atoms with Crippen LogP contribution in [0.25, 0.3) is 0 Å². The molecule has 1 N–H and O–H groups in total. The number of nitrogens with one attached hydrogen (secondary N) is 1. The SMILES string of the molecule is CSc1nc(C2CC2)cc(C(=O)NC(C)C2CC2)c1C#N. The third kappa shape index (κ3) is 3.06. The molecule has 21 heavy (non-hydrogen) atoms. The van der Waals surface area contributed by atoms with Crippen LogP contribution >= 0.6 is 11.8 Å². The van der Waals surface area contributed by atoms with Gasteiger partial charge in [0.1, 0.15) is 11.1 Å². The summed E-state index contributed by atoms with van der Waals surface area (Å²) in [7, 11) is 0. The summed E-state index contributed by atoms with van der Waals surface area (Å²) >= 11 is 1.43. The van der Waals surface area contributed by atoms with Crippen LogP contribution in [0.1, 0.15) is 60.1 Å². The van der Waals surface area contributed by atoms with Gasteiger partial charge in [0.05, 0.1) is 11.1 Å². The summed E-state index contributed by atoms with van der Waals surface area (Å²) in [5, 5.41) is 13.1. The summed E-state index contributed by atoms with van der Waals surface area (Å²) < 4.78 is 0. The monoisotopic (exact) mass is 301 g/mol. The molecule has 2 saturated carbocycles. The lowest BCUT2D eigenvalue weighted by molar-refractivity contribution is 0.0935. The number of amides is 1. The Labute approximate surface area is 129 Å². The van der Waals surface area contributed by atoms with E-state index in [1.807, 2.05) is 19.2 Å². The summed E-state index contributed by atoms with van der Waals surface area (Å²) in [5.74, 6) is 0.936. The number of hydrogen-bond acceptors (Lipinski definition) is 4. The van der Waals surface area contributed by atoms with E-state index in [1.165, 1.54) is 24.6 Å². The maximum atomic E-state index is 12.5. The molecule has 1 aromatic heterocycles. The molecule has 1 atom stereocenters. The average molecular weight is 301 g/mol. The molecule has 1 heterocycles. The molecule has 0 saturated heterocycles. The van der Waals surface area contributed by atoms with E-state index < -0.39 is 0 Å². The maximum absolute atomic E-state index is 12.5. The molecular weight excluding hydrogens is 282 g/mol. The Bertz CT molecular complexity index is 615. The van der Waals surface area contributed by atoms with Crippen LogP contribution in [0.5, 0.6) is 0 Å². The molecule has 2 aliphatic carbocycles. The normalized spacial score (nSPS) is 18.9. The van der Waals surface area contributed by atoms with Gasteiger partial charge in [-0.3, -0.25) is 4.79 Å². The Hall–Kier alpha value is -1.54. The van der Waals surface area contributed by atoms with Crippen LogP contribution in [0.3, 0.4) is 0 Å². The van der Waals surface area contributed by atoms with Crippen LogP contribution in [0.15, 0.2) is 11.1 Å². The molecular formula is C16H19N3OS. The van der Waals surface area contributed by atoms with Crippen molar-refractivity contribution in [3.8, 4) is 6.07 Å². The van der Waals surface area contributed by atoms with E-state index in [9.17, 15) is 10.1 Å². The van der Waals surface area contributed by atoms with E-state index in [1.54, 1.807) is 0 Å². The summed E-state index contributed by atoms with van der Waals surface area (Å²) in [6.45, 7) is 2.04. The van der Waals surface area contributed by atoms with Crippen LogP contribution in [0.2, 0.25) is 0 Å². The lowest BCUT2D eigenvalue weighted by atomic mass is 10.1. The van der Waals surface area contributed by atoms with Crippen molar-refractivity contribution in [2.75, 3.05) is 6.26 Å². The predicted molar refractivity (Wildman–Crippen MR) is 82.4 cm³/mol. The molecule has 1 aromatic rings. The van der Waals surface area contributed by atoms with Gasteiger partial charge in [0.15, 0.2) is 0 Å². The molecule has 0 bridgehead atoms. The molecule has 2 fully saturated rings. The fraction of sp³-hybridized carbons (Fsp3) is 0.562. The molecule has 1 unspecified atom stereocenters. The molecule has 4 nitrogen and oxygen atoms in total. The zero-order valence-corrected chi connectivity index (χ0v) is 13.2. The van der Waals surface area contributed by atoms with Crippen molar-refractivity contribution in [2.24, 2.45) is 5.92 Å². The van der Waals surface area contributed by atoms with Crippen molar-refractivity contribution < 1.29 is 4.79 Å². The zero-order chi connectivity index (χ0) is 15.0. The Morgan fingerprint density at radius 1 is 1.48 bits per heavy atom. The Morgan fingerprint density at radius 3 is 2.71 bits per heavy atom. The first-order valence-electron chi connectivity index (χ1n) is 7.44. The maximum Gasteiger partial charge on any atom is 0.253 e. The van der Waals surface area contributed by atoms with E-state index in [4.69, 9.17) is 0 Å². The second-order valence-corrected chi connectivity index (χ2v) is 6.76. The lowest BCUT2D eigenvalue weighted by Crippen LogP contribution is -2.34. The number of hydrogen-bond donors (Lipinski definition) is 1. The van der Waals surface area contributed by atoms with Gasteiger partial charge in [0.2, 0.25) is 0 Å². The van der Waals surface area contributed by atoms with Gasteiger partial charge in [-0.1, -0.05) is 0 Å². The first kappa shape index (κ1) is 14.4. The van der Waals surface area contributed by atoms with Gasteiger partial charge in [0.25, 0.3) is 5.91 Å². The molecule has 2 aliphatic rings. The van der Waals surface area contributed by atoms with Crippen LogP contribution in [-0.4, -0.2) is 23.2 Å². The molecule has 1 amide bonds. The van der Waals surface area contributed by atoms with Crippen molar-refractivity contribution in [2.45, 2.75) is 49.6 Å². The number of aromatic nitrogens is 1. The van der Waals surface area contributed by atoms with Gasteiger partial charge >= 0.3 is 0 Å². The van der Waals surface area contributed by atoms with E-state index in [0.717, 1.165) is 18.5 Å². The van der Waals surface area contributed by atoms with Crippen molar-refractivity contribution in [3.05, 3.63) is 22.9 Å². The fourth-order valence-corrected chi connectivity index (χ4v) is 3.12. The Morgan fingerprint density at radius 2 is 2.19 bits per heavy atom. The number of carbonyl (C=O) groups excluding carboxylic acids is 1. The number of thioether (sulfide) groups is 1. The number of pyridine rings is 1. The Kier molecular flexibility index (Phi) is 3.90. The molecule has 5 heteroatoms. The van der Waals surface area contributed by atoms with E-state index in [-0.39, 0.29) is 11.9 Å². The standard InChI is InChI=1S/C16H19N3OS/c1-9(10-3-4-10)18-15(20)12-7-14(11-5-6-11)19-16(21-2)13(12)8-17/h7,9-11H,3-6H2,1-2H3,(H,18,20). The van der Waals surface area contributed by atoms with Crippen molar-refractivity contribution in [1.29, 1.82) is 5.26 Å². The quantitative estimate of drug-likeness (QED) is 0.849. The second kappa shape index (κ2) is 5.69. The number of carbonyl (C=O) groups is 1. The molecule has 0 radical (unpaired) electrons. The van der Waals surface area contributed by atoms with E-state index in [2.05, 4.69) is 16.4 Å². The molecule has 0 spiro atoms. The summed E-state index contributed by atoms with van der Waals surface area (Å²) in [5.41, 5.74) is 1.86. The number of rotatable bonds is 5. The van der Waals surface area contributed by atoms with Crippen LogP contribution in [-0.2, 0) is 0 Å². The van der Waals surface area contributed by atoms with Gasteiger partial charge in [0, 0.05) is 17.7 Å². The van der Waals surface area contributed by atoms with Gasteiger partial charge < -0.3 is 5.32 Å². The van der Waals surface area contributed by atoms with Crippen molar-refractivity contribution in [3.63, 3.8) is 0 Å². The third-order valence-electron chi connectivity index (χ3n) is 4.24. The van der Waals surface area contributed by atoms with Crippen LogP contribution in [0, 0.1) is 17.2 Å². The fourth-order valence-electron chi connectivity index (χ4n) is 2.56.